The molecule has 0 fully saturated rings. The Morgan fingerprint density at radius 2 is 1.81 bits per heavy atom. The van der Waals surface area contributed by atoms with Crippen LogP contribution in [0.5, 0.6) is 11.5 Å². The monoisotopic (exact) mass is 467 g/mol. The van der Waals surface area contributed by atoms with Gasteiger partial charge in [0.2, 0.25) is 0 Å². The lowest BCUT2D eigenvalue weighted by atomic mass is 10.3. The molecule has 31 heavy (non-hydrogen) atoms. The molecule has 0 saturated carbocycles. The third-order valence-electron chi connectivity index (χ3n) is 4.74. The zero-order valence-electron chi connectivity index (χ0n) is 18.8. The van der Waals surface area contributed by atoms with E-state index in [0.717, 1.165) is 17.7 Å². The molecule has 8 nitrogen and oxygen atoms in total. The third kappa shape index (κ3) is 5.28. The number of benzene rings is 1. The van der Waals surface area contributed by atoms with Gasteiger partial charge < -0.3 is 14.4 Å². The molecule has 0 aliphatic rings. The van der Waals surface area contributed by atoms with Crippen molar-refractivity contribution in [1.29, 1.82) is 0 Å². The fraction of sp³-hybridized carbons (Fsp3) is 0.476. The molecule has 0 unspecified atom stereocenters. The minimum absolute atomic E-state index is 0. The van der Waals surface area contributed by atoms with Crippen molar-refractivity contribution in [2.24, 2.45) is 0 Å². The maximum atomic E-state index is 13.5. The number of methoxy groups -OCH3 is 2. The normalized spacial score (nSPS) is 11.1. The Bertz CT molecular complexity index is 977. The second kappa shape index (κ2) is 10.8. The Hall–Kier alpha value is -2.36. The van der Waals surface area contributed by atoms with E-state index < -0.39 is 0 Å². The van der Waals surface area contributed by atoms with E-state index >= 15 is 0 Å². The van der Waals surface area contributed by atoms with Gasteiger partial charge in [0.15, 0.2) is 5.13 Å². The predicted molar refractivity (Wildman–Crippen MR) is 127 cm³/mol. The SMILES string of the molecule is COc1ccc(OC)c2sc(N(CCCN(C)C)C(=O)c3ccnn3C(C)C)nc12.Cl. The Balaban J connectivity index is 0.00000341. The van der Waals surface area contributed by atoms with Crippen LogP contribution in [0.2, 0.25) is 0 Å². The Labute approximate surface area is 193 Å². The number of nitrogens with zero attached hydrogens (tertiary/aromatic N) is 5. The van der Waals surface area contributed by atoms with Crippen LogP contribution in [0.4, 0.5) is 5.13 Å². The van der Waals surface area contributed by atoms with Gasteiger partial charge in [0.05, 0.1) is 14.2 Å². The van der Waals surface area contributed by atoms with Crippen molar-refractivity contribution < 1.29 is 14.3 Å². The van der Waals surface area contributed by atoms with E-state index in [4.69, 9.17) is 14.5 Å². The van der Waals surface area contributed by atoms with Gasteiger partial charge in [0.25, 0.3) is 5.91 Å². The minimum atomic E-state index is -0.114. The summed E-state index contributed by atoms with van der Waals surface area (Å²) in [4.78, 5) is 22.2. The number of aromatic nitrogens is 3. The van der Waals surface area contributed by atoms with Crippen molar-refractivity contribution in [3.63, 3.8) is 0 Å². The van der Waals surface area contributed by atoms with Gasteiger partial charge in [0, 0.05) is 18.8 Å². The molecular formula is C21H30ClN5O3S. The van der Waals surface area contributed by atoms with E-state index in [1.165, 1.54) is 11.3 Å². The van der Waals surface area contributed by atoms with Gasteiger partial charge in [-0.3, -0.25) is 14.4 Å². The third-order valence-corrected chi connectivity index (χ3v) is 5.83. The molecule has 2 aromatic heterocycles. The van der Waals surface area contributed by atoms with Gasteiger partial charge in [-0.15, -0.1) is 12.4 Å². The zero-order chi connectivity index (χ0) is 21.8. The van der Waals surface area contributed by atoms with Crippen LogP contribution in [0.1, 0.15) is 36.8 Å². The Morgan fingerprint density at radius 1 is 1.13 bits per heavy atom. The number of amides is 1. The summed E-state index contributed by atoms with van der Waals surface area (Å²) >= 11 is 1.43. The number of hydrogen-bond donors (Lipinski definition) is 0. The van der Waals surface area contributed by atoms with Gasteiger partial charge in [-0.25, -0.2) is 4.98 Å². The van der Waals surface area contributed by atoms with Crippen molar-refractivity contribution in [2.75, 3.05) is 46.3 Å². The molecule has 3 aromatic rings. The molecule has 2 heterocycles. The molecule has 0 atom stereocenters. The number of carbonyl (C=O) groups is 1. The number of anilines is 1. The summed E-state index contributed by atoms with van der Waals surface area (Å²) in [7, 11) is 7.28. The molecule has 0 radical (unpaired) electrons. The first-order chi connectivity index (χ1) is 14.4. The van der Waals surface area contributed by atoms with Crippen molar-refractivity contribution in [2.45, 2.75) is 26.3 Å². The summed E-state index contributed by atoms with van der Waals surface area (Å²) in [5.74, 6) is 1.25. The summed E-state index contributed by atoms with van der Waals surface area (Å²) in [6, 6.07) is 5.53. The molecule has 0 spiro atoms. The molecule has 3 rings (SSSR count). The summed E-state index contributed by atoms with van der Waals surface area (Å²) in [5.41, 5.74) is 1.24. The number of carbonyl (C=O) groups excluding carboxylic acids is 1. The fourth-order valence-corrected chi connectivity index (χ4v) is 4.35. The average molecular weight is 468 g/mol. The van der Waals surface area contributed by atoms with Gasteiger partial charge in [0.1, 0.15) is 27.4 Å². The first-order valence-electron chi connectivity index (χ1n) is 9.89. The van der Waals surface area contributed by atoms with Crippen molar-refractivity contribution >= 4 is 45.0 Å². The molecule has 1 aromatic carbocycles. The summed E-state index contributed by atoms with van der Waals surface area (Å²) in [6.45, 7) is 5.43. The molecular weight excluding hydrogens is 438 g/mol. The van der Waals surface area contributed by atoms with E-state index in [9.17, 15) is 4.79 Å². The lowest BCUT2D eigenvalue weighted by Gasteiger charge is -2.22. The highest BCUT2D eigenvalue weighted by Crippen LogP contribution is 2.40. The van der Waals surface area contributed by atoms with Gasteiger partial charge in [-0.2, -0.15) is 5.10 Å². The summed E-state index contributed by atoms with van der Waals surface area (Å²) < 4.78 is 13.6. The number of ether oxygens (including phenoxy) is 2. The molecule has 0 N–H and O–H groups in total. The summed E-state index contributed by atoms with van der Waals surface area (Å²) in [6.07, 6.45) is 2.48. The van der Waals surface area contributed by atoms with Crippen LogP contribution in [0.25, 0.3) is 10.2 Å². The quantitative estimate of drug-likeness (QED) is 0.471. The van der Waals surface area contributed by atoms with Gasteiger partial charge in [-0.05, 0) is 59.1 Å². The highest BCUT2D eigenvalue weighted by Gasteiger charge is 2.26. The second-order valence-electron chi connectivity index (χ2n) is 7.51. The minimum Gasteiger partial charge on any atom is -0.495 e. The van der Waals surface area contributed by atoms with E-state index in [2.05, 4.69) is 10.00 Å². The lowest BCUT2D eigenvalue weighted by Crippen LogP contribution is -2.35. The average Bonchev–Trinajstić information content (AvgIpc) is 3.37. The van der Waals surface area contributed by atoms with Crippen molar-refractivity contribution in [3.05, 3.63) is 30.1 Å². The van der Waals surface area contributed by atoms with E-state index in [1.807, 2.05) is 40.1 Å². The van der Waals surface area contributed by atoms with Gasteiger partial charge in [-0.1, -0.05) is 11.3 Å². The zero-order valence-corrected chi connectivity index (χ0v) is 20.4. The first kappa shape index (κ1) is 24.9. The molecule has 0 aliphatic heterocycles. The number of halogens is 1. The molecule has 0 aliphatic carbocycles. The maximum Gasteiger partial charge on any atom is 0.278 e. The maximum absolute atomic E-state index is 13.5. The van der Waals surface area contributed by atoms with Crippen LogP contribution in [0.15, 0.2) is 24.4 Å². The highest BCUT2D eigenvalue weighted by molar-refractivity contribution is 7.22. The van der Waals surface area contributed by atoms with Crippen molar-refractivity contribution in [1.82, 2.24) is 19.7 Å². The second-order valence-corrected chi connectivity index (χ2v) is 8.49. The van der Waals surface area contributed by atoms with Crippen LogP contribution in [-0.2, 0) is 0 Å². The van der Waals surface area contributed by atoms with Gasteiger partial charge >= 0.3 is 0 Å². The fourth-order valence-electron chi connectivity index (χ4n) is 3.25. The lowest BCUT2D eigenvalue weighted by molar-refractivity contribution is 0.0974. The Kier molecular flexibility index (Phi) is 8.67. The smallest absolute Gasteiger partial charge is 0.278 e. The van der Waals surface area contributed by atoms with Crippen LogP contribution >= 0.6 is 23.7 Å². The number of hydrogen-bond acceptors (Lipinski definition) is 7. The largest absolute Gasteiger partial charge is 0.495 e. The van der Waals surface area contributed by atoms with Crippen LogP contribution in [-0.4, -0.2) is 67.0 Å². The first-order valence-corrected chi connectivity index (χ1v) is 10.7. The number of rotatable bonds is 9. The molecule has 0 bridgehead atoms. The molecule has 10 heteroatoms. The molecule has 0 saturated heterocycles. The van der Waals surface area contributed by atoms with E-state index in [0.29, 0.717) is 34.4 Å². The molecule has 1 amide bonds. The topological polar surface area (TPSA) is 72.7 Å². The number of fused-ring (bicyclic) bond motifs is 1. The van der Waals surface area contributed by atoms with E-state index in [-0.39, 0.29) is 24.4 Å². The highest BCUT2D eigenvalue weighted by atomic mass is 35.5. The number of thiazole rings is 1. The Morgan fingerprint density at radius 3 is 2.42 bits per heavy atom. The predicted octanol–water partition coefficient (Wildman–Crippen LogP) is 4.11. The van der Waals surface area contributed by atoms with Crippen LogP contribution < -0.4 is 14.4 Å². The van der Waals surface area contributed by atoms with Crippen molar-refractivity contribution in [3.8, 4) is 11.5 Å². The standard InChI is InChI=1S/C21H29N5O3S.ClH/c1-14(2)26-15(10-11-22-26)20(27)25(13-7-12-24(3)4)21-23-18-16(28-5)8-9-17(29-6)19(18)30-21;/h8-11,14H,7,12-13H2,1-6H3;1H. The summed E-state index contributed by atoms with van der Waals surface area (Å²) in [5, 5.41) is 4.94. The van der Waals surface area contributed by atoms with Crippen LogP contribution in [0, 0.1) is 0 Å². The molecule has 170 valence electrons. The van der Waals surface area contributed by atoms with Crippen LogP contribution in [0.3, 0.4) is 0 Å². The van der Waals surface area contributed by atoms with E-state index in [1.54, 1.807) is 36.1 Å².